The number of hydrogen-bond donors (Lipinski definition) is 1. The molecule has 0 spiro atoms. The summed E-state index contributed by atoms with van der Waals surface area (Å²) in [6.07, 6.45) is 1.63. The Balaban J connectivity index is 2.36. The Kier molecular flexibility index (Phi) is 5.51. The van der Waals surface area contributed by atoms with Gasteiger partial charge in [-0.15, -0.1) is 0 Å². The topological polar surface area (TPSA) is 35.2 Å². The molecule has 0 heterocycles. The molecule has 0 radical (unpaired) electrons. The molecule has 21 heavy (non-hydrogen) atoms. The van der Waals surface area contributed by atoms with Crippen molar-refractivity contribution in [1.29, 1.82) is 0 Å². The van der Waals surface area contributed by atoms with Gasteiger partial charge in [0, 0.05) is 11.1 Å². The summed E-state index contributed by atoms with van der Waals surface area (Å²) in [6, 6.07) is 11.4. The van der Waals surface area contributed by atoms with E-state index < -0.39 is 0 Å². The van der Waals surface area contributed by atoms with Crippen LogP contribution < -0.4 is 10.5 Å². The van der Waals surface area contributed by atoms with Crippen LogP contribution in [0.25, 0.3) is 0 Å². The van der Waals surface area contributed by atoms with Crippen LogP contribution in [0.4, 0.5) is 0 Å². The lowest BCUT2D eigenvalue weighted by molar-refractivity contribution is 0.469. The van der Waals surface area contributed by atoms with E-state index in [4.69, 9.17) is 33.7 Å². The number of benzene rings is 2. The largest absolute Gasteiger partial charge is 0.455 e. The maximum absolute atomic E-state index is 6.30. The van der Waals surface area contributed by atoms with Gasteiger partial charge in [-0.05, 0) is 49.1 Å². The van der Waals surface area contributed by atoms with Crippen LogP contribution in [0.1, 0.15) is 24.5 Å². The number of halogens is 2. The minimum absolute atomic E-state index is 0.0891. The molecule has 0 fully saturated rings. The standard InChI is InChI=1S/C17H19Cl2NO/c1-3-14(20)9-12-5-4-6-15(19)17(12)21-16-10-13(18)8-7-11(16)2/h4-8,10,14H,3,9,20H2,1-2H3. The molecular formula is C17H19Cl2NO. The molecule has 112 valence electrons. The van der Waals surface area contributed by atoms with E-state index in [0.29, 0.717) is 21.5 Å². The fraction of sp³-hybridized carbons (Fsp3) is 0.294. The van der Waals surface area contributed by atoms with Crippen LogP contribution in [-0.2, 0) is 6.42 Å². The molecule has 2 aromatic carbocycles. The smallest absolute Gasteiger partial charge is 0.149 e. The zero-order valence-corrected chi connectivity index (χ0v) is 13.7. The third-order valence-corrected chi connectivity index (χ3v) is 3.95. The van der Waals surface area contributed by atoms with Crippen molar-refractivity contribution in [2.24, 2.45) is 5.73 Å². The first-order chi connectivity index (χ1) is 10.0. The fourth-order valence-electron chi connectivity index (χ4n) is 2.05. The summed E-state index contributed by atoms with van der Waals surface area (Å²) in [4.78, 5) is 0. The van der Waals surface area contributed by atoms with Gasteiger partial charge in [-0.25, -0.2) is 0 Å². The molecule has 0 aliphatic heterocycles. The highest BCUT2D eigenvalue weighted by Gasteiger charge is 2.13. The Morgan fingerprint density at radius 1 is 1.19 bits per heavy atom. The van der Waals surface area contributed by atoms with Crippen LogP contribution in [0, 0.1) is 6.92 Å². The van der Waals surface area contributed by atoms with Crippen molar-refractivity contribution in [2.75, 3.05) is 0 Å². The summed E-state index contributed by atoms with van der Waals surface area (Å²) in [5.74, 6) is 1.37. The van der Waals surface area contributed by atoms with E-state index in [1.165, 1.54) is 0 Å². The molecule has 1 unspecified atom stereocenters. The van der Waals surface area contributed by atoms with Crippen LogP contribution in [0.5, 0.6) is 11.5 Å². The van der Waals surface area contributed by atoms with E-state index in [9.17, 15) is 0 Å². The van der Waals surface area contributed by atoms with Gasteiger partial charge in [0.25, 0.3) is 0 Å². The van der Waals surface area contributed by atoms with Gasteiger partial charge in [0.2, 0.25) is 0 Å². The first-order valence-electron chi connectivity index (χ1n) is 6.98. The summed E-state index contributed by atoms with van der Waals surface area (Å²) in [5.41, 5.74) is 8.07. The monoisotopic (exact) mass is 323 g/mol. The zero-order chi connectivity index (χ0) is 15.4. The van der Waals surface area contributed by atoms with E-state index in [-0.39, 0.29) is 6.04 Å². The van der Waals surface area contributed by atoms with Crippen molar-refractivity contribution in [2.45, 2.75) is 32.7 Å². The Morgan fingerprint density at radius 2 is 1.95 bits per heavy atom. The van der Waals surface area contributed by atoms with Gasteiger partial charge >= 0.3 is 0 Å². The van der Waals surface area contributed by atoms with Gasteiger partial charge in [-0.1, -0.05) is 48.3 Å². The Labute approximate surface area is 135 Å². The van der Waals surface area contributed by atoms with Crippen molar-refractivity contribution < 1.29 is 4.74 Å². The molecule has 0 aliphatic carbocycles. The molecular weight excluding hydrogens is 305 g/mol. The lowest BCUT2D eigenvalue weighted by Crippen LogP contribution is -2.21. The van der Waals surface area contributed by atoms with Crippen molar-refractivity contribution in [3.8, 4) is 11.5 Å². The molecule has 2 N–H and O–H groups in total. The van der Waals surface area contributed by atoms with E-state index >= 15 is 0 Å². The lowest BCUT2D eigenvalue weighted by Gasteiger charge is -2.16. The summed E-state index contributed by atoms with van der Waals surface area (Å²) in [6.45, 7) is 4.04. The van der Waals surface area contributed by atoms with E-state index in [1.54, 1.807) is 6.07 Å². The van der Waals surface area contributed by atoms with Gasteiger partial charge in [-0.3, -0.25) is 0 Å². The van der Waals surface area contributed by atoms with E-state index in [0.717, 1.165) is 24.0 Å². The Bertz CT molecular complexity index is 628. The molecule has 0 saturated heterocycles. The molecule has 2 rings (SSSR count). The van der Waals surface area contributed by atoms with Crippen molar-refractivity contribution in [3.05, 3.63) is 57.6 Å². The first kappa shape index (κ1) is 16.2. The highest BCUT2D eigenvalue weighted by Crippen LogP contribution is 2.36. The second-order valence-corrected chi connectivity index (χ2v) is 5.96. The number of nitrogens with two attached hydrogens (primary N) is 1. The average Bonchev–Trinajstić information content (AvgIpc) is 2.46. The average molecular weight is 324 g/mol. The summed E-state index contributed by atoms with van der Waals surface area (Å²) in [7, 11) is 0. The van der Waals surface area contributed by atoms with Crippen LogP contribution >= 0.6 is 23.2 Å². The van der Waals surface area contributed by atoms with Crippen molar-refractivity contribution >= 4 is 23.2 Å². The lowest BCUT2D eigenvalue weighted by atomic mass is 10.0. The molecule has 4 heteroatoms. The minimum atomic E-state index is 0.0891. The zero-order valence-electron chi connectivity index (χ0n) is 12.2. The van der Waals surface area contributed by atoms with Gasteiger partial charge in [0.1, 0.15) is 11.5 Å². The maximum atomic E-state index is 6.30. The second-order valence-electron chi connectivity index (χ2n) is 5.11. The van der Waals surface area contributed by atoms with Crippen LogP contribution in [-0.4, -0.2) is 6.04 Å². The van der Waals surface area contributed by atoms with Crippen LogP contribution in [0.15, 0.2) is 36.4 Å². The fourth-order valence-corrected chi connectivity index (χ4v) is 2.44. The summed E-state index contributed by atoms with van der Waals surface area (Å²) in [5, 5.41) is 1.21. The minimum Gasteiger partial charge on any atom is -0.455 e. The number of rotatable bonds is 5. The number of ether oxygens (including phenoxy) is 1. The van der Waals surface area contributed by atoms with Crippen molar-refractivity contribution in [3.63, 3.8) is 0 Å². The van der Waals surface area contributed by atoms with Gasteiger partial charge in [0.05, 0.1) is 5.02 Å². The number of para-hydroxylation sites is 1. The summed E-state index contributed by atoms with van der Waals surface area (Å²) < 4.78 is 6.03. The predicted octanol–water partition coefficient (Wildman–Crippen LogP) is 5.37. The molecule has 0 amide bonds. The SMILES string of the molecule is CCC(N)Cc1cccc(Cl)c1Oc1cc(Cl)ccc1C. The number of aryl methyl sites for hydroxylation is 1. The normalized spacial score (nSPS) is 12.2. The molecule has 2 aromatic rings. The maximum Gasteiger partial charge on any atom is 0.149 e. The molecule has 2 nitrogen and oxygen atoms in total. The van der Waals surface area contributed by atoms with Crippen LogP contribution in [0.3, 0.4) is 0 Å². The van der Waals surface area contributed by atoms with E-state index in [1.807, 2.05) is 37.3 Å². The highest BCUT2D eigenvalue weighted by molar-refractivity contribution is 6.32. The third-order valence-electron chi connectivity index (χ3n) is 3.42. The Morgan fingerprint density at radius 3 is 2.67 bits per heavy atom. The molecule has 0 aromatic heterocycles. The quantitative estimate of drug-likeness (QED) is 0.802. The predicted molar refractivity (Wildman–Crippen MR) is 89.7 cm³/mol. The molecule has 1 atom stereocenters. The molecule has 0 bridgehead atoms. The first-order valence-corrected chi connectivity index (χ1v) is 7.73. The molecule has 0 aliphatic rings. The second kappa shape index (κ2) is 7.17. The number of hydrogen-bond acceptors (Lipinski definition) is 2. The van der Waals surface area contributed by atoms with Crippen LogP contribution in [0.2, 0.25) is 10.0 Å². The summed E-state index contributed by atoms with van der Waals surface area (Å²) >= 11 is 12.3. The van der Waals surface area contributed by atoms with Gasteiger partial charge in [0.15, 0.2) is 0 Å². The van der Waals surface area contributed by atoms with Gasteiger partial charge < -0.3 is 10.5 Å². The Hall–Kier alpha value is -1.22. The van der Waals surface area contributed by atoms with E-state index in [2.05, 4.69) is 6.92 Å². The van der Waals surface area contributed by atoms with Gasteiger partial charge in [-0.2, -0.15) is 0 Å². The van der Waals surface area contributed by atoms with Crippen molar-refractivity contribution in [1.82, 2.24) is 0 Å². The highest BCUT2D eigenvalue weighted by atomic mass is 35.5. The third kappa shape index (κ3) is 4.13. The molecule has 0 saturated carbocycles.